The van der Waals surface area contributed by atoms with Crippen LogP contribution in [0.4, 0.5) is 16.0 Å². The minimum atomic E-state index is -0.495. The third kappa shape index (κ3) is 4.55. The second-order valence-electron chi connectivity index (χ2n) is 8.18. The van der Waals surface area contributed by atoms with Crippen molar-refractivity contribution in [2.75, 3.05) is 25.5 Å². The summed E-state index contributed by atoms with van der Waals surface area (Å²) in [4.78, 5) is 10.7. The standard InChI is InChI=1S/C23H28FN5O2/c1-14-7-18(8-15(2)21(14)31-4)26-23-25-9-20(24)22(27-23)29-10-16(3)17(12-29)11-28-6-5-19(30)13-28/h7-10,12,19,30H,5-6,11,13H2,1-4H3,(H,25,26,27)/t19-/m1/s1. The number of β-amino-alcohol motifs (C(OH)–C–C–N with tert-alkyl or cyclic N) is 1. The summed E-state index contributed by atoms with van der Waals surface area (Å²) in [6, 6.07) is 3.89. The smallest absolute Gasteiger partial charge is 0.229 e. The van der Waals surface area contributed by atoms with Crippen LogP contribution in [-0.4, -0.2) is 50.8 Å². The van der Waals surface area contributed by atoms with Crippen molar-refractivity contribution in [3.8, 4) is 11.6 Å². The number of benzene rings is 1. The molecule has 3 heterocycles. The fourth-order valence-electron chi connectivity index (χ4n) is 4.16. The monoisotopic (exact) mass is 425 g/mol. The molecule has 4 rings (SSSR count). The minimum absolute atomic E-state index is 0.190. The number of ether oxygens (including phenoxy) is 1. The van der Waals surface area contributed by atoms with Crippen molar-refractivity contribution < 1.29 is 14.2 Å². The Kier molecular flexibility index (Phi) is 5.93. The van der Waals surface area contributed by atoms with Crippen LogP contribution in [0.3, 0.4) is 0 Å². The Morgan fingerprint density at radius 1 is 1.19 bits per heavy atom. The highest BCUT2D eigenvalue weighted by Gasteiger charge is 2.21. The van der Waals surface area contributed by atoms with Crippen molar-refractivity contribution in [3.05, 3.63) is 58.8 Å². The number of aromatic nitrogens is 3. The number of methoxy groups -OCH3 is 1. The summed E-state index contributed by atoms with van der Waals surface area (Å²) in [5, 5.41) is 12.9. The second-order valence-corrected chi connectivity index (χ2v) is 8.18. The molecule has 0 bridgehead atoms. The molecule has 1 fully saturated rings. The molecule has 0 amide bonds. The Labute approximate surface area is 181 Å². The molecule has 0 aliphatic carbocycles. The fraction of sp³-hybridized carbons (Fsp3) is 0.391. The highest BCUT2D eigenvalue weighted by molar-refractivity contribution is 5.60. The van der Waals surface area contributed by atoms with Crippen molar-refractivity contribution in [2.24, 2.45) is 0 Å². The maximum atomic E-state index is 14.6. The molecular formula is C23H28FN5O2. The number of rotatable bonds is 6. The van der Waals surface area contributed by atoms with E-state index in [1.807, 2.05) is 45.3 Å². The Hall–Kier alpha value is -2.97. The van der Waals surface area contributed by atoms with E-state index in [2.05, 4.69) is 20.2 Å². The van der Waals surface area contributed by atoms with Gasteiger partial charge in [0.1, 0.15) is 5.75 Å². The Morgan fingerprint density at radius 3 is 2.58 bits per heavy atom. The lowest BCUT2D eigenvalue weighted by molar-refractivity contribution is 0.174. The third-order valence-corrected chi connectivity index (χ3v) is 5.67. The number of aryl methyl sites for hydroxylation is 3. The van der Waals surface area contributed by atoms with Crippen LogP contribution in [0.15, 0.2) is 30.7 Å². The maximum absolute atomic E-state index is 14.6. The van der Waals surface area contributed by atoms with Gasteiger partial charge >= 0.3 is 0 Å². The summed E-state index contributed by atoms with van der Waals surface area (Å²) < 4.78 is 21.7. The number of hydrogen-bond acceptors (Lipinski definition) is 6. The normalized spacial score (nSPS) is 16.6. The van der Waals surface area contributed by atoms with Gasteiger partial charge in [0.15, 0.2) is 11.6 Å². The van der Waals surface area contributed by atoms with E-state index in [1.165, 1.54) is 6.20 Å². The molecule has 2 aromatic heterocycles. The number of halogens is 1. The van der Waals surface area contributed by atoms with Crippen LogP contribution in [0.25, 0.3) is 5.82 Å². The van der Waals surface area contributed by atoms with Gasteiger partial charge in [-0.1, -0.05) is 0 Å². The Balaban J connectivity index is 1.58. The van der Waals surface area contributed by atoms with Gasteiger partial charge in [0, 0.05) is 37.7 Å². The molecule has 7 nitrogen and oxygen atoms in total. The highest BCUT2D eigenvalue weighted by atomic mass is 19.1. The Morgan fingerprint density at radius 2 is 1.94 bits per heavy atom. The van der Waals surface area contributed by atoms with Crippen LogP contribution in [-0.2, 0) is 6.54 Å². The van der Waals surface area contributed by atoms with Crippen molar-refractivity contribution in [1.29, 1.82) is 0 Å². The number of likely N-dealkylation sites (tertiary alicyclic amines) is 1. The molecule has 0 unspecified atom stereocenters. The zero-order valence-corrected chi connectivity index (χ0v) is 18.3. The first-order valence-corrected chi connectivity index (χ1v) is 10.4. The zero-order chi connectivity index (χ0) is 22.1. The van der Waals surface area contributed by atoms with Crippen molar-refractivity contribution in [1.82, 2.24) is 19.4 Å². The number of nitrogens with one attached hydrogen (secondary N) is 1. The second kappa shape index (κ2) is 8.64. The van der Waals surface area contributed by atoms with E-state index in [0.29, 0.717) is 12.5 Å². The molecule has 0 saturated carbocycles. The lowest BCUT2D eigenvalue weighted by Crippen LogP contribution is -2.21. The predicted molar refractivity (Wildman–Crippen MR) is 118 cm³/mol. The largest absolute Gasteiger partial charge is 0.496 e. The van der Waals surface area contributed by atoms with Gasteiger partial charge in [-0.3, -0.25) is 4.90 Å². The van der Waals surface area contributed by atoms with Crippen LogP contribution in [0.5, 0.6) is 5.75 Å². The summed E-state index contributed by atoms with van der Waals surface area (Å²) in [6.45, 7) is 8.19. The van der Waals surface area contributed by atoms with Gasteiger partial charge < -0.3 is 19.7 Å². The van der Waals surface area contributed by atoms with Gasteiger partial charge in [-0.25, -0.2) is 9.37 Å². The number of nitrogens with zero attached hydrogens (tertiary/aromatic N) is 4. The summed E-state index contributed by atoms with van der Waals surface area (Å²) in [5.41, 5.74) is 4.93. The molecule has 8 heteroatoms. The molecule has 1 saturated heterocycles. The number of anilines is 2. The Bertz CT molecular complexity index is 1070. The van der Waals surface area contributed by atoms with Gasteiger partial charge in [-0.05, 0) is 61.6 Å². The van der Waals surface area contributed by atoms with E-state index in [-0.39, 0.29) is 11.9 Å². The van der Waals surface area contributed by atoms with Crippen molar-refractivity contribution in [2.45, 2.75) is 39.8 Å². The van der Waals surface area contributed by atoms with E-state index < -0.39 is 5.82 Å². The van der Waals surface area contributed by atoms with Crippen LogP contribution >= 0.6 is 0 Å². The van der Waals surface area contributed by atoms with E-state index in [0.717, 1.165) is 53.2 Å². The summed E-state index contributed by atoms with van der Waals surface area (Å²) >= 11 is 0. The molecule has 1 aliphatic rings. The summed E-state index contributed by atoms with van der Waals surface area (Å²) in [5.74, 6) is 0.851. The molecule has 3 aromatic rings. The molecule has 1 aliphatic heterocycles. The molecule has 1 atom stereocenters. The molecular weight excluding hydrogens is 397 g/mol. The lowest BCUT2D eigenvalue weighted by Gasteiger charge is -2.14. The van der Waals surface area contributed by atoms with Gasteiger partial charge in [0.25, 0.3) is 0 Å². The van der Waals surface area contributed by atoms with Crippen molar-refractivity contribution >= 4 is 11.6 Å². The van der Waals surface area contributed by atoms with Crippen LogP contribution in [0.2, 0.25) is 0 Å². The first-order valence-electron chi connectivity index (χ1n) is 10.4. The summed E-state index contributed by atoms with van der Waals surface area (Å²) in [7, 11) is 1.65. The van der Waals surface area contributed by atoms with Gasteiger partial charge in [-0.15, -0.1) is 0 Å². The van der Waals surface area contributed by atoms with Crippen LogP contribution in [0.1, 0.15) is 28.7 Å². The van der Waals surface area contributed by atoms with Crippen LogP contribution in [0, 0.1) is 26.6 Å². The van der Waals surface area contributed by atoms with E-state index in [1.54, 1.807) is 11.7 Å². The average Bonchev–Trinajstić information content (AvgIpc) is 3.29. The van der Waals surface area contributed by atoms with Gasteiger partial charge in [0.05, 0.1) is 19.4 Å². The third-order valence-electron chi connectivity index (χ3n) is 5.67. The number of aliphatic hydroxyl groups excluding tert-OH is 1. The van der Waals surface area contributed by atoms with E-state index >= 15 is 0 Å². The molecule has 1 aromatic carbocycles. The number of aliphatic hydroxyl groups is 1. The van der Waals surface area contributed by atoms with Crippen molar-refractivity contribution in [3.63, 3.8) is 0 Å². The van der Waals surface area contributed by atoms with E-state index in [9.17, 15) is 9.50 Å². The first-order chi connectivity index (χ1) is 14.8. The molecule has 0 radical (unpaired) electrons. The maximum Gasteiger partial charge on any atom is 0.229 e. The van der Waals surface area contributed by atoms with Gasteiger partial charge in [0.2, 0.25) is 5.95 Å². The van der Waals surface area contributed by atoms with E-state index in [4.69, 9.17) is 4.74 Å². The highest BCUT2D eigenvalue weighted by Crippen LogP contribution is 2.28. The summed E-state index contributed by atoms with van der Waals surface area (Å²) in [6.07, 6.45) is 5.48. The quantitative estimate of drug-likeness (QED) is 0.628. The molecule has 31 heavy (non-hydrogen) atoms. The zero-order valence-electron chi connectivity index (χ0n) is 18.3. The first kappa shape index (κ1) is 21.3. The SMILES string of the molecule is COc1c(C)cc(Nc2ncc(F)c(-n3cc(C)c(CN4CC[C@@H](O)C4)c3)n2)cc1C. The van der Waals surface area contributed by atoms with Crippen LogP contribution < -0.4 is 10.1 Å². The topological polar surface area (TPSA) is 75.4 Å². The molecule has 164 valence electrons. The number of hydrogen-bond donors (Lipinski definition) is 2. The molecule has 0 spiro atoms. The predicted octanol–water partition coefficient (Wildman–Crippen LogP) is 3.65. The lowest BCUT2D eigenvalue weighted by atomic mass is 10.1. The average molecular weight is 426 g/mol. The fourth-order valence-corrected chi connectivity index (χ4v) is 4.16. The minimum Gasteiger partial charge on any atom is -0.496 e. The van der Waals surface area contributed by atoms with Gasteiger partial charge in [-0.2, -0.15) is 4.98 Å². The molecule has 2 N–H and O–H groups in total.